The van der Waals surface area contributed by atoms with Gasteiger partial charge in [-0.1, -0.05) is 28.4 Å². The number of ether oxygens (including phenoxy) is 1. The Morgan fingerprint density at radius 1 is 1.40 bits per heavy atom. The maximum Gasteiger partial charge on any atom is 0.358 e. The zero-order valence-corrected chi connectivity index (χ0v) is 15.0. The Hall–Kier alpha value is -2.51. The Balaban J connectivity index is 2.05. The SMILES string of the molecule is CO/N=C(C(=O)O)\C(C)=C/COc1ccn(-c2ccc(Cl)cc2Cl)n1. The fourth-order valence-electron chi connectivity index (χ4n) is 1.91. The van der Waals surface area contributed by atoms with Crippen molar-refractivity contribution >= 4 is 34.9 Å². The van der Waals surface area contributed by atoms with E-state index in [0.717, 1.165) is 0 Å². The molecule has 0 fully saturated rings. The van der Waals surface area contributed by atoms with E-state index < -0.39 is 5.97 Å². The monoisotopic (exact) mass is 383 g/mol. The number of rotatable bonds is 7. The second-order valence-electron chi connectivity index (χ2n) is 4.82. The van der Waals surface area contributed by atoms with E-state index in [1.54, 1.807) is 48.1 Å². The van der Waals surface area contributed by atoms with Crippen LogP contribution in [0.25, 0.3) is 5.69 Å². The molecule has 1 aromatic carbocycles. The van der Waals surface area contributed by atoms with Crippen molar-refractivity contribution in [3.05, 3.63) is 52.2 Å². The molecular weight excluding hydrogens is 369 g/mol. The summed E-state index contributed by atoms with van der Waals surface area (Å²) >= 11 is 12.0. The lowest BCUT2D eigenvalue weighted by Crippen LogP contribution is -2.15. The molecule has 25 heavy (non-hydrogen) atoms. The number of carboxylic acid groups (broad SMARTS) is 1. The first-order chi connectivity index (χ1) is 11.9. The summed E-state index contributed by atoms with van der Waals surface area (Å²) in [5.74, 6) is -0.826. The Morgan fingerprint density at radius 2 is 2.16 bits per heavy atom. The number of hydrogen-bond acceptors (Lipinski definition) is 5. The minimum Gasteiger partial charge on any atom is -0.476 e. The van der Waals surface area contributed by atoms with Crippen LogP contribution in [0.5, 0.6) is 5.88 Å². The normalized spacial score (nSPS) is 12.2. The van der Waals surface area contributed by atoms with E-state index in [1.165, 1.54) is 7.11 Å². The average molecular weight is 384 g/mol. The zero-order chi connectivity index (χ0) is 18.4. The molecule has 0 aliphatic carbocycles. The largest absolute Gasteiger partial charge is 0.476 e. The summed E-state index contributed by atoms with van der Waals surface area (Å²) in [5.41, 5.74) is 0.882. The van der Waals surface area contributed by atoms with E-state index in [1.807, 2.05) is 0 Å². The molecule has 0 bridgehead atoms. The molecule has 1 aromatic heterocycles. The van der Waals surface area contributed by atoms with Gasteiger partial charge in [-0.2, -0.15) is 0 Å². The van der Waals surface area contributed by atoms with Crippen molar-refractivity contribution < 1.29 is 19.5 Å². The van der Waals surface area contributed by atoms with Crippen LogP contribution in [0.4, 0.5) is 0 Å². The van der Waals surface area contributed by atoms with Gasteiger partial charge in [-0.3, -0.25) is 0 Å². The maximum absolute atomic E-state index is 11.1. The standard InChI is InChI=1S/C16H15Cl2N3O4/c1-10(15(16(22)23)20-24-2)6-8-25-14-5-7-21(19-14)13-4-3-11(17)9-12(13)18/h3-7,9H,8H2,1-2H3,(H,22,23)/b10-6-,20-15+. The summed E-state index contributed by atoms with van der Waals surface area (Å²) in [5, 5.41) is 17.7. The van der Waals surface area contributed by atoms with Gasteiger partial charge in [0.05, 0.1) is 10.7 Å². The third-order valence-corrected chi connectivity index (χ3v) is 3.64. The fraction of sp³-hybridized carbons (Fsp3) is 0.188. The van der Waals surface area contributed by atoms with E-state index in [9.17, 15) is 4.79 Å². The predicted molar refractivity (Wildman–Crippen MR) is 94.9 cm³/mol. The number of aliphatic carboxylic acids is 1. The lowest BCUT2D eigenvalue weighted by molar-refractivity contribution is -0.129. The van der Waals surface area contributed by atoms with Crippen molar-refractivity contribution in [3.63, 3.8) is 0 Å². The van der Waals surface area contributed by atoms with Gasteiger partial charge in [0, 0.05) is 17.3 Å². The van der Waals surface area contributed by atoms with Crippen LogP contribution in [0.2, 0.25) is 10.0 Å². The quantitative estimate of drug-likeness (QED) is 0.583. The average Bonchev–Trinajstić information content (AvgIpc) is 3.00. The number of nitrogens with zero attached hydrogens (tertiary/aromatic N) is 3. The summed E-state index contributed by atoms with van der Waals surface area (Å²) in [4.78, 5) is 15.6. The second-order valence-corrected chi connectivity index (χ2v) is 5.66. The van der Waals surface area contributed by atoms with Crippen molar-refractivity contribution in [2.45, 2.75) is 6.92 Å². The number of benzene rings is 1. The molecule has 9 heteroatoms. The number of oxime groups is 1. The van der Waals surface area contributed by atoms with Crippen LogP contribution in [0, 0.1) is 0 Å². The predicted octanol–water partition coefficient (Wildman–Crippen LogP) is 3.59. The van der Waals surface area contributed by atoms with Crippen LogP contribution >= 0.6 is 23.2 Å². The number of aromatic nitrogens is 2. The molecule has 2 rings (SSSR count). The molecule has 0 saturated carbocycles. The topological polar surface area (TPSA) is 85.9 Å². The summed E-state index contributed by atoms with van der Waals surface area (Å²) in [6.45, 7) is 1.72. The Bertz CT molecular complexity index is 831. The number of halogens is 2. The molecule has 1 N–H and O–H groups in total. The van der Waals surface area contributed by atoms with E-state index >= 15 is 0 Å². The van der Waals surface area contributed by atoms with Gasteiger partial charge in [0.2, 0.25) is 5.88 Å². The first-order valence-corrected chi connectivity index (χ1v) is 7.83. The molecule has 0 atom stereocenters. The molecule has 132 valence electrons. The molecule has 0 radical (unpaired) electrons. The van der Waals surface area contributed by atoms with Gasteiger partial charge in [0.25, 0.3) is 0 Å². The summed E-state index contributed by atoms with van der Waals surface area (Å²) in [7, 11) is 1.28. The molecule has 0 spiro atoms. The maximum atomic E-state index is 11.1. The molecule has 2 aromatic rings. The highest BCUT2D eigenvalue weighted by atomic mass is 35.5. The highest BCUT2D eigenvalue weighted by molar-refractivity contribution is 6.42. The first kappa shape index (κ1) is 18.8. The highest BCUT2D eigenvalue weighted by Gasteiger charge is 2.12. The van der Waals surface area contributed by atoms with Gasteiger partial charge < -0.3 is 14.7 Å². The van der Waals surface area contributed by atoms with Crippen LogP contribution in [0.1, 0.15) is 6.92 Å². The van der Waals surface area contributed by atoms with E-state index in [4.69, 9.17) is 33.0 Å². The molecule has 0 unspecified atom stereocenters. The van der Waals surface area contributed by atoms with Gasteiger partial charge in [-0.25, -0.2) is 9.48 Å². The minimum absolute atomic E-state index is 0.118. The van der Waals surface area contributed by atoms with Crippen molar-refractivity contribution in [1.29, 1.82) is 0 Å². The van der Waals surface area contributed by atoms with Gasteiger partial charge in [0.15, 0.2) is 5.71 Å². The Labute approximate surface area is 154 Å². The van der Waals surface area contributed by atoms with Crippen LogP contribution < -0.4 is 4.74 Å². The molecule has 1 heterocycles. The lowest BCUT2D eigenvalue weighted by atomic mass is 10.2. The van der Waals surface area contributed by atoms with Gasteiger partial charge >= 0.3 is 5.97 Å². The van der Waals surface area contributed by atoms with Gasteiger partial charge in [-0.05, 0) is 36.8 Å². The van der Waals surface area contributed by atoms with Crippen LogP contribution in [-0.4, -0.2) is 40.3 Å². The third kappa shape index (κ3) is 4.98. The van der Waals surface area contributed by atoms with Gasteiger partial charge in [-0.15, -0.1) is 5.10 Å². The first-order valence-electron chi connectivity index (χ1n) is 7.08. The third-order valence-electron chi connectivity index (χ3n) is 3.10. The number of carboxylic acids is 1. The van der Waals surface area contributed by atoms with Crippen molar-refractivity contribution in [2.24, 2.45) is 5.16 Å². The van der Waals surface area contributed by atoms with Crippen molar-refractivity contribution in [1.82, 2.24) is 9.78 Å². The van der Waals surface area contributed by atoms with Gasteiger partial charge in [0.1, 0.15) is 13.7 Å². The highest BCUT2D eigenvalue weighted by Crippen LogP contribution is 2.24. The molecule has 0 amide bonds. The molecule has 0 aliphatic heterocycles. The second kappa shape index (κ2) is 8.55. The summed E-state index contributed by atoms with van der Waals surface area (Å²) in [6, 6.07) is 6.73. The zero-order valence-electron chi connectivity index (χ0n) is 13.4. The lowest BCUT2D eigenvalue weighted by Gasteiger charge is -2.05. The number of hydrogen-bond donors (Lipinski definition) is 1. The number of carbonyl (C=O) groups is 1. The van der Waals surface area contributed by atoms with Crippen LogP contribution in [0.15, 0.2) is 47.3 Å². The van der Waals surface area contributed by atoms with Crippen LogP contribution in [-0.2, 0) is 9.63 Å². The van der Waals surface area contributed by atoms with Crippen LogP contribution in [0.3, 0.4) is 0 Å². The Morgan fingerprint density at radius 3 is 2.80 bits per heavy atom. The fourth-order valence-corrected chi connectivity index (χ4v) is 2.40. The minimum atomic E-state index is -1.18. The van der Waals surface area contributed by atoms with Crippen molar-refractivity contribution in [3.8, 4) is 11.6 Å². The Kier molecular flexibility index (Phi) is 6.44. The van der Waals surface area contributed by atoms with E-state index in [0.29, 0.717) is 27.2 Å². The molecule has 7 nitrogen and oxygen atoms in total. The smallest absolute Gasteiger partial charge is 0.358 e. The van der Waals surface area contributed by atoms with E-state index in [-0.39, 0.29) is 12.3 Å². The van der Waals surface area contributed by atoms with E-state index in [2.05, 4.69) is 15.1 Å². The summed E-state index contributed by atoms with van der Waals surface area (Å²) in [6.07, 6.45) is 3.26. The summed E-state index contributed by atoms with van der Waals surface area (Å²) < 4.78 is 7.04. The molecular formula is C16H15Cl2N3O4. The molecule has 0 saturated heterocycles. The van der Waals surface area contributed by atoms with Crippen molar-refractivity contribution in [2.75, 3.05) is 13.7 Å². The molecule has 0 aliphatic rings.